The minimum atomic E-state index is -0.312. The van der Waals surface area contributed by atoms with Crippen LogP contribution in [-0.2, 0) is 11.3 Å². The van der Waals surface area contributed by atoms with Crippen molar-refractivity contribution in [3.05, 3.63) is 64.4 Å². The highest BCUT2D eigenvalue weighted by Crippen LogP contribution is 2.15. The SMILES string of the molecule is O=C(CNc1cccc(Br)c1)NCc1ccccc1F. The van der Waals surface area contributed by atoms with Gasteiger partial charge in [-0.25, -0.2) is 4.39 Å². The van der Waals surface area contributed by atoms with Crippen molar-refractivity contribution in [1.82, 2.24) is 5.32 Å². The fraction of sp³-hybridized carbons (Fsp3) is 0.133. The van der Waals surface area contributed by atoms with Crippen molar-refractivity contribution in [1.29, 1.82) is 0 Å². The van der Waals surface area contributed by atoms with Gasteiger partial charge < -0.3 is 10.6 Å². The quantitative estimate of drug-likeness (QED) is 0.879. The van der Waals surface area contributed by atoms with Crippen LogP contribution in [-0.4, -0.2) is 12.5 Å². The Hall–Kier alpha value is -1.88. The van der Waals surface area contributed by atoms with Crippen LogP contribution in [0.4, 0.5) is 10.1 Å². The van der Waals surface area contributed by atoms with Gasteiger partial charge in [-0.1, -0.05) is 40.2 Å². The third kappa shape index (κ3) is 4.35. The molecule has 2 aromatic carbocycles. The Balaban J connectivity index is 1.80. The van der Waals surface area contributed by atoms with E-state index in [0.717, 1.165) is 10.2 Å². The first-order chi connectivity index (χ1) is 9.65. The van der Waals surface area contributed by atoms with Gasteiger partial charge in [-0.3, -0.25) is 4.79 Å². The van der Waals surface area contributed by atoms with E-state index in [9.17, 15) is 9.18 Å². The maximum atomic E-state index is 13.4. The normalized spacial score (nSPS) is 10.1. The molecule has 0 aliphatic heterocycles. The van der Waals surface area contributed by atoms with Crippen molar-refractivity contribution >= 4 is 27.5 Å². The minimum absolute atomic E-state index is 0.144. The summed E-state index contributed by atoms with van der Waals surface area (Å²) in [6.45, 7) is 0.330. The van der Waals surface area contributed by atoms with Crippen LogP contribution in [0, 0.1) is 5.82 Å². The Bertz CT molecular complexity index is 604. The van der Waals surface area contributed by atoms with Crippen LogP contribution in [0.5, 0.6) is 0 Å². The summed E-state index contributed by atoms with van der Waals surface area (Å²) in [5.41, 5.74) is 1.32. The van der Waals surface area contributed by atoms with E-state index in [1.807, 2.05) is 24.3 Å². The molecule has 2 N–H and O–H groups in total. The number of carbonyl (C=O) groups is 1. The fourth-order valence-electron chi connectivity index (χ4n) is 1.68. The molecule has 5 heteroatoms. The summed E-state index contributed by atoms with van der Waals surface area (Å²) in [6.07, 6.45) is 0. The smallest absolute Gasteiger partial charge is 0.239 e. The number of hydrogen-bond acceptors (Lipinski definition) is 2. The summed E-state index contributed by atoms with van der Waals surface area (Å²) < 4.78 is 14.3. The summed E-state index contributed by atoms with van der Waals surface area (Å²) in [6, 6.07) is 13.9. The molecule has 0 saturated carbocycles. The van der Waals surface area contributed by atoms with Gasteiger partial charge in [0.15, 0.2) is 0 Å². The van der Waals surface area contributed by atoms with Gasteiger partial charge in [-0.15, -0.1) is 0 Å². The third-order valence-electron chi connectivity index (χ3n) is 2.71. The van der Waals surface area contributed by atoms with Gasteiger partial charge in [-0.05, 0) is 24.3 Å². The summed E-state index contributed by atoms with van der Waals surface area (Å²) >= 11 is 3.36. The molecule has 0 saturated heterocycles. The second kappa shape index (κ2) is 7.05. The van der Waals surface area contributed by atoms with Crippen LogP contribution in [0.15, 0.2) is 53.0 Å². The third-order valence-corrected chi connectivity index (χ3v) is 3.20. The van der Waals surface area contributed by atoms with Crippen LogP contribution in [0.2, 0.25) is 0 Å². The highest BCUT2D eigenvalue weighted by Gasteiger charge is 2.04. The molecule has 2 aromatic rings. The van der Waals surface area contributed by atoms with Gasteiger partial charge >= 0.3 is 0 Å². The first kappa shape index (κ1) is 14.5. The van der Waals surface area contributed by atoms with E-state index in [2.05, 4.69) is 26.6 Å². The van der Waals surface area contributed by atoms with E-state index in [1.54, 1.807) is 18.2 Å². The van der Waals surface area contributed by atoms with Crippen molar-refractivity contribution in [3.8, 4) is 0 Å². The predicted octanol–water partition coefficient (Wildman–Crippen LogP) is 3.32. The molecule has 1 amide bonds. The van der Waals surface area contributed by atoms with Crippen LogP contribution < -0.4 is 10.6 Å². The van der Waals surface area contributed by atoms with Crippen LogP contribution >= 0.6 is 15.9 Å². The maximum Gasteiger partial charge on any atom is 0.239 e. The summed E-state index contributed by atoms with van der Waals surface area (Å²) in [4.78, 5) is 11.7. The summed E-state index contributed by atoms with van der Waals surface area (Å²) in [5, 5.41) is 5.67. The molecule has 20 heavy (non-hydrogen) atoms. The van der Waals surface area contributed by atoms with Gasteiger partial charge in [-0.2, -0.15) is 0 Å². The lowest BCUT2D eigenvalue weighted by Gasteiger charge is -2.08. The molecular weight excluding hydrogens is 323 g/mol. The molecule has 0 aliphatic carbocycles. The molecule has 104 valence electrons. The lowest BCUT2D eigenvalue weighted by atomic mass is 10.2. The fourth-order valence-corrected chi connectivity index (χ4v) is 2.08. The van der Waals surface area contributed by atoms with E-state index in [0.29, 0.717) is 5.56 Å². The van der Waals surface area contributed by atoms with Gasteiger partial charge in [0.1, 0.15) is 5.82 Å². The van der Waals surface area contributed by atoms with Crippen molar-refractivity contribution in [2.75, 3.05) is 11.9 Å². The molecule has 3 nitrogen and oxygen atoms in total. The van der Waals surface area contributed by atoms with Gasteiger partial charge in [0.05, 0.1) is 6.54 Å². The van der Waals surface area contributed by atoms with Gasteiger partial charge in [0.25, 0.3) is 0 Å². The Morgan fingerprint density at radius 3 is 2.70 bits per heavy atom. The standard InChI is InChI=1S/C15H14BrFN2O/c16-12-5-3-6-13(8-12)18-10-15(20)19-9-11-4-1-2-7-14(11)17/h1-8,18H,9-10H2,(H,19,20). The summed E-state index contributed by atoms with van der Waals surface area (Å²) in [7, 11) is 0. The zero-order chi connectivity index (χ0) is 14.4. The molecule has 0 fully saturated rings. The van der Waals surface area contributed by atoms with Crippen molar-refractivity contribution in [2.24, 2.45) is 0 Å². The first-order valence-electron chi connectivity index (χ1n) is 6.15. The number of halogens is 2. The molecule has 0 unspecified atom stereocenters. The van der Waals surface area contributed by atoms with E-state index in [1.165, 1.54) is 6.07 Å². The number of amides is 1. The average molecular weight is 337 g/mol. The maximum absolute atomic E-state index is 13.4. The molecule has 0 aromatic heterocycles. The van der Waals surface area contributed by atoms with Gasteiger partial charge in [0.2, 0.25) is 5.91 Å². The van der Waals surface area contributed by atoms with Gasteiger partial charge in [0, 0.05) is 22.3 Å². The number of benzene rings is 2. The Labute approximate surface area is 125 Å². The van der Waals surface area contributed by atoms with Crippen molar-refractivity contribution in [2.45, 2.75) is 6.54 Å². The largest absolute Gasteiger partial charge is 0.376 e. The Kier molecular flexibility index (Phi) is 5.12. The number of rotatable bonds is 5. The number of nitrogens with one attached hydrogen (secondary N) is 2. The Morgan fingerprint density at radius 1 is 1.15 bits per heavy atom. The number of anilines is 1. The van der Waals surface area contributed by atoms with Crippen LogP contribution in [0.1, 0.15) is 5.56 Å². The molecule has 0 atom stereocenters. The molecular formula is C15H14BrFN2O. The van der Waals surface area contributed by atoms with E-state index in [4.69, 9.17) is 0 Å². The second-order valence-electron chi connectivity index (χ2n) is 4.23. The van der Waals surface area contributed by atoms with E-state index < -0.39 is 0 Å². The van der Waals surface area contributed by atoms with Crippen LogP contribution in [0.3, 0.4) is 0 Å². The van der Waals surface area contributed by atoms with E-state index in [-0.39, 0.29) is 24.8 Å². The van der Waals surface area contributed by atoms with Crippen molar-refractivity contribution in [3.63, 3.8) is 0 Å². The second-order valence-corrected chi connectivity index (χ2v) is 5.15. The van der Waals surface area contributed by atoms with Crippen LogP contribution in [0.25, 0.3) is 0 Å². The molecule has 0 aliphatic rings. The first-order valence-corrected chi connectivity index (χ1v) is 6.94. The topological polar surface area (TPSA) is 41.1 Å². The zero-order valence-corrected chi connectivity index (χ0v) is 12.3. The zero-order valence-electron chi connectivity index (χ0n) is 10.7. The summed E-state index contributed by atoms with van der Waals surface area (Å²) in [5.74, 6) is -0.499. The lowest BCUT2D eigenvalue weighted by molar-refractivity contribution is -0.119. The molecule has 0 radical (unpaired) electrons. The number of carbonyl (C=O) groups excluding carboxylic acids is 1. The highest BCUT2D eigenvalue weighted by molar-refractivity contribution is 9.10. The number of hydrogen-bond donors (Lipinski definition) is 2. The average Bonchev–Trinajstić information content (AvgIpc) is 2.44. The lowest BCUT2D eigenvalue weighted by Crippen LogP contribution is -2.29. The van der Waals surface area contributed by atoms with E-state index >= 15 is 0 Å². The molecule has 2 rings (SSSR count). The van der Waals surface area contributed by atoms with Crippen molar-refractivity contribution < 1.29 is 9.18 Å². The monoisotopic (exact) mass is 336 g/mol. The molecule has 0 bridgehead atoms. The Morgan fingerprint density at radius 2 is 1.95 bits per heavy atom. The molecule has 0 heterocycles. The predicted molar refractivity (Wildman–Crippen MR) is 80.9 cm³/mol. The molecule has 0 spiro atoms. The minimum Gasteiger partial charge on any atom is -0.376 e. The highest BCUT2D eigenvalue weighted by atomic mass is 79.9.